The van der Waals surface area contributed by atoms with E-state index < -0.39 is 11.4 Å². The van der Waals surface area contributed by atoms with E-state index in [1.54, 1.807) is 17.8 Å². The molecular weight excluding hydrogens is 244 g/mol. The Balaban J connectivity index is 2.57. The zero-order valence-electron chi connectivity index (χ0n) is 9.00. The van der Waals surface area contributed by atoms with Crippen molar-refractivity contribution in [1.82, 2.24) is 0 Å². The van der Waals surface area contributed by atoms with E-state index in [0.717, 1.165) is 16.9 Å². The Bertz CT molecular complexity index is 427. The van der Waals surface area contributed by atoms with Crippen LogP contribution in [0.3, 0.4) is 0 Å². The van der Waals surface area contributed by atoms with Gasteiger partial charge in [-0.1, -0.05) is 24.1 Å². The van der Waals surface area contributed by atoms with Gasteiger partial charge in [0.1, 0.15) is 0 Å². The van der Waals surface area contributed by atoms with Gasteiger partial charge >= 0.3 is 5.97 Å². The van der Waals surface area contributed by atoms with Gasteiger partial charge in [0.25, 0.3) is 0 Å². The predicted octanol–water partition coefficient (Wildman–Crippen LogP) is 3.57. The number of carboxylic acids is 1. The van der Waals surface area contributed by atoms with Crippen LogP contribution in [0, 0.1) is 0 Å². The topological polar surface area (TPSA) is 37.3 Å². The summed E-state index contributed by atoms with van der Waals surface area (Å²) >= 11 is 7.73. The summed E-state index contributed by atoms with van der Waals surface area (Å²) in [4.78, 5) is 12.4. The molecule has 0 aromatic heterocycles. The molecule has 1 aliphatic carbocycles. The number of carboxylic acid groups (broad SMARTS) is 1. The van der Waals surface area contributed by atoms with Crippen molar-refractivity contribution in [1.29, 1.82) is 0 Å². The quantitative estimate of drug-likeness (QED) is 0.840. The number of hydrogen-bond acceptors (Lipinski definition) is 2. The highest BCUT2D eigenvalue weighted by Gasteiger charge is 2.48. The summed E-state index contributed by atoms with van der Waals surface area (Å²) in [6.45, 7) is 0. The van der Waals surface area contributed by atoms with Gasteiger partial charge in [0, 0.05) is 15.5 Å². The van der Waals surface area contributed by atoms with Crippen LogP contribution in [0.4, 0.5) is 0 Å². The Kier molecular flexibility index (Phi) is 3.17. The largest absolute Gasteiger partial charge is 0.481 e. The lowest BCUT2D eigenvalue weighted by Gasteiger charge is -2.39. The molecule has 2 nitrogen and oxygen atoms in total. The molecule has 2 rings (SSSR count). The molecule has 16 heavy (non-hydrogen) atoms. The summed E-state index contributed by atoms with van der Waals surface area (Å²) in [6.07, 6.45) is 4.30. The smallest absolute Gasteiger partial charge is 0.314 e. The molecule has 0 unspecified atom stereocenters. The summed E-state index contributed by atoms with van der Waals surface area (Å²) in [5.74, 6) is -0.748. The minimum atomic E-state index is -0.748. The van der Waals surface area contributed by atoms with Crippen LogP contribution in [-0.4, -0.2) is 17.3 Å². The summed E-state index contributed by atoms with van der Waals surface area (Å²) in [7, 11) is 0. The van der Waals surface area contributed by atoms with Gasteiger partial charge in [0.05, 0.1) is 5.41 Å². The zero-order chi connectivity index (χ0) is 11.8. The molecule has 0 atom stereocenters. The third-order valence-corrected chi connectivity index (χ3v) is 4.39. The van der Waals surface area contributed by atoms with Crippen molar-refractivity contribution < 1.29 is 9.90 Å². The van der Waals surface area contributed by atoms with Gasteiger partial charge in [-0.15, -0.1) is 11.8 Å². The van der Waals surface area contributed by atoms with Crippen molar-refractivity contribution in [3.63, 3.8) is 0 Å². The van der Waals surface area contributed by atoms with Crippen LogP contribution in [0.1, 0.15) is 24.8 Å². The van der Waals surface area contributed by atoms with Gasteiger partial charge in [-0.05, 0) is 31.2 Å². The van der Waals surface area contributed by atoms with E-state index in [-0.39, 0.29) is 0 Å². The first kappa shape index (κ1) is 11.8. The minimum Gasteiger partial charge on any atom is -0.481 e. The van der Waals surface area contributed by atoms with E-state index in [2.05, 4.69) is 0 Å². The maximum atomic E-state index is 11.5. The Hall–Kier alpha value is -0.670. The second-order valence-corrected chi connectivity index (χ2v) is 5.31. The molecule has 0 spiro atoms. The van der Waals surface area contributed by atoms with Gasteiger partial charge in [-0.2, -0.15) is 0 Å². The van der Waals surface area contributed by atoms with Crippen LogP contribution in [0.25, 0.3) is 0 Å². The molecule has 0 heterocycles. The second kappa shape index (κ2) is 4.30. The van der Waals surface area contributed by atoms with Crippen LogP contribution in [-0.2, 0) is 10.2 Å². The molecule has 4 heteroatoms. The maximum absolute atomic E-state index is 11.5. The maximum Gasteiger partial charge on any atom is 0.314 e. The number of thioether (sulfide) groups is 1. The summed E-state index contributed by atoms with van der Waals surface area (Å²) < 4.78 is 0. The molecule has 1 N–H and O–H groups in total. The first-order valence-corrected chi connectivity index (χ1v) is 6.78. The molecule has 1 fully saturated rings. The number of benzene rings is 1. The SMILES string of the molecule is CSc1cccc(Cl)c1C1(C(=O)O)CCC1. The monoisotopic (exact) mass is 256 g/mol. The van der Waals surface area contributed by atoms with Crippen molar-refractivity contribution in [2.45, 2.75) is 29.6 Å². The highest BCUT2D eigenvalue weighted by molar-refractivity contribution is 7.98. The van der Waals surface area contributed by atoms with E-state index in [0.29, 0.717) is 17.9 Å². The highest BCUT2D eigenvalue weighted by Crippen LogP contribution is 2.49. The predicted molar refractivity (Wildman–Crippen MR) is 66.4 cm³/mol. The standard InChI is InChI=1S/C12H13ClO2S/c1-16-9-5-2-4-8(13)10(9)12(11(14)15)6-3-7-12/h2,4-5H,3,6-7H2,1H3,(H,14,15). The molecule has 1 aromatic rings. The Morgan fingerprint density at radius 2 is 2.19 bits per heavy atom. The van der Waals surface area contributed by atoms with Crippen LogP contribution >= 0.6 is 23.4 Å². The van der Waals surface area contributed by atoms with Crippen molar-refractivity contribution >= 4 is 29.3 Å². The van der Waals surface area contributed by atoms with Crippen molar-refractivity contribution in [3.05, 3.63) is 28.8 Å². The van der Waals surface area contributed by atoms with Gasteiger partial charge in [-0.25, -0.2) is 0 Å². The highest BCUT2D eigenvalue weighted by atomic mass is 35.5. The fourth-order valence-corrected chi connectivity index (χ4v) is 3.38. The zero-order valence-corrected chi connectivity index (χ0v) is 10.6. The van der Waals surface area contributed by atoms with E-state index in [1.165, 1.54) is 0 Å². The first-order valence-electron chi connectivity index (χ1n) is 5.18. The lowest BCUT2D eigenvalue weighted by molar-refractivity contribution is -0.147. The third kappa shape index (κ3) is 1.62. The molecule has 0 saturated heterocycles. The van der Waals surface area contributed by atoms with Crippen LogP contribution < -0.4 is 0 Å². The molecule has 0 radical (unpaired) electrons. The fourth-order valence-electron chi connectivity index (χ4n) is 2.24. The summed E-state index contributed by atoms with van der Waals surface area (Å²) in [6, 6.07) is 5.58. The van der Waals surface area contributed by atoms with Gasteiger partial charge < -0.3 is 5.11 Å². The first-order chi connectivity index (χ1) is 7.62. The molecule has 1 aromatic carbocycles. The number of aliphatic carboxylic acids is 1. The third-order valence-electron chi connectivity index (χ3n) is 3.29. The van der Waals surface area contributed by atoms with Crippen molar-refractivity contribution in [2.75, 3.05) is 6.26 Å². The van der Waals surface area contributed by atoms with E-state index in [4.69, 9.17) is 11.6 Å². The van der Waals surface area contributed by atoms with Crippen LogP contribution in [0.15, 0.2) is 23.1 Å². The Morgan fingerprint density at radius 3 is 2.62 bits per heavy atom. The number of hydrogen-bond donors (Lipinski definition) is 1. The molecule has 1 saturated carbocycles. The number of carbonyl (C=O) groups is 1. The average molecular weight is 257 g/mol. The normalized spacial score (nSPS) is 17.9. The van der Waals surface area contributed by atoms with Crippen LogP contribution in [0.5, 0.6) is 0 Å². The van der Waals surface area contributed by atoms with Crippen molar-refractivity contribution in [3.8, 4) is 0 Å². The molecule has 86 valence electrons. The minimum absolute atomic E-state index is 0.578. The molecular formula is C12H13ClO2S. The second-order valence-electron chi connectivity index (χ2n) is 4.06. The Morgan fingerprint density at radius 1 is 1.50 bits per heavy atom. The van der Waals surface area contributed by atoms with Gasteiger partial charge in [-0.3, -0.25) is 4.79 Å². The van der Waals surface area contributed by atoms with Crippen LogP contribution in [0.2, 0.25) is 5.02 Å². The van der Waals surface area contributed by atoms with E-state index >= 15 is 0 Å². The Labute approximate surface area is 104 Å². The van der Waals surface area contributed by atoms with E-state index in [1.807, 2.05) is 18.4 Å². The lowest BCUT2D eigenvalue weighted by Crippen LogP contribution is -2.43. The molecule has 0 bridgehead atoms. The van der Waals surface area contributed by atoms with Gasteiger partial charge in [0.2, 0.25) is 0 Å². The molecule has 0 aliphatic heterocycles. The average Bonchev–Trinajstić information content (AvgIpc) is 2.18. The molecule has 0 amide bonds. The number of rotatable bonds is 3. The van der Waals surface area contributed by atoms with Gasteiger partial charge in [0.15, 0.2) is 0 Å². The number of halogens is 1. The van der Waals surface area contributed by atoms with Crippen molar-refractivity contribution in [2.24, 2.45) is 0 Å². The summed E-state index contributed by atoms with van der Waals surface area (Å²) in [5.41, 5.74) is 0.0689. The van der Waals surface area contributed by atoms with E-state index in [9.17, 15) is 9.90 Å². The molecule has 1 aliphatic rings. The fraction of sp³-hybridized carbons (Fsp3) is 0.417. The lowest BCUT2D eigenvalue weighted by atomic mass is 9.64. The summed E-state index contributed by atoms with van der Waals surface area (Å²) in [5, 5.41) is 9.99.